The first-order chi connectivity index (χ1) is 9.19. The van der Waals surface area contributed by atoms with Gasteiger partial charge < -0.3 is 19.8 Å². The Morgan fingerprint density at radius 1 is 1.50 bits per heavy atom. The average molecular weight is 293 g/mol. The number of aliphatic hydroxyl groups is 1. The first-order valence-electron chi connectivity index (χ1n) is 6.29. The number of ether oxygens (including phenoxy) is 2. The van der Waals surface area contributed by atoms with E-state index in [0.29, 0.717) is 6.54 Å². The van der Waals surface area contributed by atoms with Crippen LogP contribution < -0.4 is 0 Å². The second-order valence-corrected chi connectivity index (χ2v) is 4.86. The van der Waals surface area contributed by atoms with E-state index in [1.165, 1.54) is 11.9 Å². The number of hydrazine groups is 1. The van der Waals surface area contributed by atoms with Gasteiger partial charge in [-0.2, -0.15) is 0 Å². The number of rotatable bonds is 7. The fourth-order valence-corrected chi connectivity index (χ4v) is 1.07. The molecule has 1 atom stereocenters. The first kappa shape index (κ1) is 18.2. The van der Waals surface area contributed by atoms with Crippen LogP contribution in [0.4, 0.5) is 4.79 Å². The number of aliphatic hydroxyl groups excluding tert-OH is 1. The highest BCUT2D eigenvalue weighted by Gasteiger charge is 2.20. The van der Waals surface area contributed by atoms with Crippen LogP contribution in [0.5, 0.6) is 0 Å². The summed E-state index contributed by atoms with van der Waals surface area (Å²) in [4.78, 5) is 16.2. The van der Waals surface area contributed by atoms with E-state index in [1.807, 2.05) is 0 Å². The van der Waals surface area contributed by atoms with Crippen molar-refractivity contribution >= 4 is 6.16 Å². The molecule has 9 heteroatoms. The van der Waals surface area contributed by atoms with Gasteiger partial charge in [0.15, 0.2) is 0 Å². The summed E-state index contributed by atoms with van der Waals surface area (Å²) in [5, 5.41) is 24.6. The molecular weight excluding hydrogens is 270 g/mol. The van der Waals surface area contributed by atoms with Crippen LogP contribution in [0, 0.1) is 5.21 Å². The van der Waals surface area contributed by atoms with Crippen molar-refractivity contribution in [3.05, 3.63) is 5.21 Å². The number of hydrogen-bond donors (Lipinski definition) is 1. The minimum Gasteiger partial charge on any atom is -0.569 e. The van der Waals surface area contributed by atoms with Gasteiger partial charge in [0.25, 0.3) is 6.29 Å². The van der Waals surface area contributed by atoms with Gasteiger partial charge in [-0.05, 0) is 27.7 Å². The Labute approximate surface area is 118 Å². The summed E-state index contributed by atoms with van der Waals surface area (Å²) in [6.45, 7) is 8.46. The molecule has 0 rings (SSSR count). The third-order valence-corrected chi connectivity index (χ3v) is 1.88. The average Bonchev–Trinajstić information content (AvgIpc) is 2.30. The fourth-order valence-electron chi connectivity index (χ4n) is 1.07. The van der Waals surface area contributed by atoms with Crippen LogP contribution in [-0.2, 0) is 14.3 Å². The molecule has 0 aromatic carbocycles. The van der Waals surface area contributed by atoms with Gasteiger partial charge in [0.1, 0.15) is 5.60 Å². The summed E-state index contributed by atoms with van der Waals surface area (Å²) in [7, 11) is 0. The molecule has 1 unspecified atom stereocenters. The van der Waals surface area contributed by atoms with E-state index >= 15 is 0 Å². The van der Waals surface area contributed by atoms with Gasteiger partial charge in [-0.15, -0.1) is 5.01 Å². The lowest BCUT2D eigenvalue weighted by Gasteiger charge is -2.20. The highest BCUT2D eigenvalue weighted by atomic mass is 16.8. The van der Waals surface area contributed by atoms with E-state index in [9.17, 15) is 10.0 Å². The molecular formula is C11H23N3O6. The highest BCUT2D eigenvalue weighted by molar-refractivity contribution is 5.60. The zero-order valence-corrected chi connectivity index (χ0v) is 12.5. The minimum absolute atomic E-state index is 0.119. The third kappa shape index (κ3) is 8.35. The van der Waals surface area contributed by atoms with Gasteiger partial charge >= 0.3 is 6.16 Å². The van der Waals surface area contributed by atoms with Crippen LogP contribution in [0.25, 0.3) is 0 Å². The maximum Gasteiger partial charge on any atom is 0.511 e. The van der Waals surface area contributed by atoms with Crippen LogP contribution in [0.2, 0.25) is 0 Å². The number of likely N-dealkylation sites (N-methyl/N-ethyl adjacent to an activating group) is 1. The molecule has 0 amide bonds. The highest BCUT2D eigenvalue weighted by Crippen LogP contribution is 2.09. The second-order valence-electron chi connectivity index (χ2n) is 4.86. The van der Waals surface area contributed by atoms with E-state index in [4.69, 9.17) is 19.4 Å². The molecule has 0 bridgehead atoms. The maximum atomic E-state index is 11.5. The van der Waals surface area contributed by atoms with Crippen molar-refractivity contribution in [2.24, 2.45) is 5.28 Å². The normalized spacial score (nSPS) is 13.6. The molecule has 0 spiro atoms. The van der Waals surface area contributed by atoms with E-state index in [0.717, 1.165) is 0 Å². The van der Waals surface area contributed by atoms with Gasteiger partial charge in [0.05, 0.1) is 24.7 Å². The van der Waals surface area contributed by atoms with Crippen LogP contribution in [0.1, 0.15) is 34.6 Å². The molecule has 0 heterocycles. The summed E-state index contributed by atoms with van der Waals surface area (Å²) in [5.74, 6) is 0. The van der Waals surface area contributed by atoms with Crippen LogP contribution in [0.3, 0.4) is 0 Å². The van der Waals surface area contributed by atoms with Crippen molar-refractivity contribution in [1.29, 1.82) is 0 Å². The van der Waals surface area contributed by atoms with Crippen molar-refractivity contribution in [2.45, 2.75) is 46.5 Å². The fraction of sp³-hybridized carbons (Fsp3) is 0.909. The molecule has 0 fully saturated rings. The summed E-state index contributed by atoms with van der Waals surface area (Å²) in [6.07, 6.45) is -1.99. The maximum absolute atomic E-state index is 11.5. The lowest BCUT2D eigenvalue weighted by Crippen LogP contribution is -2.33. The quantitative estimate of drug-likeness (QED) is 0.248. The van der Waals surface area contributed by atoms with Crippen molar-refractivity contribution < 1.29 is 29.2 Å². The molecule has 9 nitrogen and oxygen atoms in total. The van der Waals surface area contributed by atoms with Gasteiger partial charge in [0.2, 0.25) is 5.28 Å². The van der Waals surface area contributed by atoms with Crippen molar-refractivity contribution in [3.63, 3.8) is 0 Å². The Bertz CT molecular complexity index is 329. The summed E-state index contributed by atoms with van der Waals surface area (Å²) in [5.41, 5.74) is -0.682. The van der Waals surface area contributed by atoms with Crippen molar-refractivity contribution in [2.75, 3.05) is 19.7 Å². The van der Waals surface area contributed by atoms with Gasteiger partial charge in [0, 0.05) is 6.92 Å². The molecule has 0 radical (unpaired) electrons. The molecule has 0 aliphatic rings. The summed E-state index contributed by atoms with van der Waals surface area (Å²) < 4.78 is 9.64. The number of carbonyl (C=O) groups is 1. The Morgan fingerprint density at radius 2 is 2.10 bits per heavy atom. The predicted octanol–water partition coefficient (Wildman–Crippen LogP) is 1.41. The smallest absolute Gasteiger partial charge is 0.511 e. The van der Waals surface area contributed by atoms with Crippen molar-refractivity contribution in [3.8, 4) is 0 Å². The minimum atomic E-state index is -1.07. The molecule has 20 heavy (non-hydrogen) atoms. The molecule has 0 aromatic rings. The Morgan fingerprint density at radius 3 is 2.55 bits per heavy atom. The van der Waals surface area contributed by atoms with Crippen LogP contribution in [-0.4, -0.2) is 52.8 Å². The standard InChI is InChI=1S/C11H23N3O6/c1-6-13(7-8-15)14(17)12-20-9(2)18-10(16)19-11(3,4)5/h9,15H,6-8H2,1-5H3/b14-12-. The molecule has 0 aromatic heterocycles. The first-order valence-corrected chi connectivity index (χ1v) is 6.29. The zero-order chi connectivity index (χ0) is 15.8. The molecule has 0 saturated carbocycles. The zero-order valence-electron chi connectivity index (χ0n) is 12.5. The van der Waals surface area contributed by atoms with E-state index in [-0.39, 0.29) is 18.1 Å². The van der Waals surface area contributed by atoms with Gasteiger partial charge in [-0.3, -0.25) is 4.84 Å². The van der Waals surface area contributed by atoms with E-state index < -0.39 is 18.0 Å². The second kappa shape index (κ2) is 8.41. The van der Waals surface area contributed by atoms with Crippen LogP contribution >= 0.6 is 0 Å². The molecule has 118 valence electrons. The Balaban J connectivity index is 4.26. The van der Waals surface area contributed by atoms with Gasteiger partial charge in [-0.1, -0.05) is 0 Å². The lowest BCUT2D eigenvalue weighted by atomic mass is 10.2. The predicted molar refractivity (Wildman–Crippen MR) is 68.3 cm³/mol. The number of nitrogens with zero attached hydrogens (tertiary/aromatic N) is 3. The number of carbonyl (C=O) groups excluding carboxylic acids is 1. The molecule has 0 aliphatic carbocycles. The van der Waals surface area contributed by atoms with Gasteiger partial charge in [-0.25, -0.2) is 4.79 Å². The molecule has 0 aliphatic heterocycles. The molecule has 1 N–H and O–H groups in total. The topological polar surface area (TPSA) is 107 Å². The van der Waals surface area contributed by atoms with E-state index in [1.54, 1.807) is 27.7 Å². The lowest BCUT2D eigenvalue weighted by molar-refractivity contribution is -0.712. The van der Waals surface area contributed by atoms with E-state index in [2.05, 4.69) is 5.28 Å². The third-order valence-electron chi connectivity index (χ3n) is 1.88. The molecule has 0 saturated heterocycles. The summed E-state index contributed by atoms with van der Waals surface area (Å²) in [6, 6.07) is 0. The Kier molecular flexibility index (Phi) is 7.67. The number of hydrogen-bond acceptors (Lipinski definition) is 7. The van der Waals surface area contributed by atoms with Crippen molar-refractivity contribution in [1.82, 2.24) is 5.01 Å². The summed E-state index contributed by atoms with van der Waals surface area (Å²) >= 11 is 0. The van der Waals surface area contributed by atoms with Crippen LogP contribution in [0.15, 0.2) is 5.28 Å². The Hall–Kier alpha value is -1.77. The largest absolute Gasteiger partial charge is 0.569 e. The monoisotopic (exact) mass is 293 g/mol. The SMILES string of the molecule is CCN(CCO)/[N+]([O-])=N/OC(C)OC(=O)OC(C)(C)C.